The molecule has 9 heteroatoms. The maximum atomic E-state index is 13.2. The minimum atomic E-state index is -0.699. The maximum absolute atomic E-state index is 13.2. The summed E-state index contributed by atoms with van der Waals surface area (Å²) in [6, 6.07) is 23.3. The number of hydrogen-bond donors (Lipinski definition) is 0. The van der Waals surface area contributed by atoms with Crippen molar-refractivity contribution in [2.75, 3.05) is 4.90 Å². The molecule has 4 aromatic carbocycles. The van der Waals surface area contributed by atoms with E-state index < -0.39 is 30.1 Å². The Balaban J connectivity index is 1.23. The Hall–Kier alpha value is -5.18. The molecule has 2 heterocycles. The predicted octanol–water partition coefficient (Wildman–Crippen LogP) is 3.56. The highest BCUT2D eigenvalue weighted by Crippen LogP contribution is 2.32. The Morgan fingerprint density at radius 2 is 1.44 bits per heavy atom. The van der Waals surface area contributed by atoms with Crippen LogP contribution in [0.2, 0.25) is 0 Å². The van der Waals surface area contributed by atoms with Gasteiger partial charge in [0.25, 0.3) is 17.4 Å². The van der Waals surface area contributed by atoms with Crippen LogP contribution in [0.15, 0.2) is 89.7 Å². The number of amides is 2. The number of anilines is 1. The van der Waals surface area contributed by atoms with E-state index in [0.29, 0.717) is 33.1 Å². The second-order valence-corrected chi connectivity index (χ2v) is 8.17. The van der Waals surface area contributed by atoms with Crippen molar-refractivity contribution in [2.45, 2.75) is 6.73 Å². The molecule has 1 aromatic heterocycles. The van der Waals surface area contributed by atoms with Gasteiger partial charge in [-0.15, -0.1) is 5.10 Å². The average Bonchev–Trinajstić information content (AvgIpc) is 2.92. The molecule has 9 nitrogen and oxygen atoms in total. The van der Waals surface area contributed by atoms with Crippen molar-refractivity contribution in [1.82, 2.24) is 15.0 Å². The number of aromatic nitrogens is 3. The van der Waals surface area contributed by atoms with E-state index in [1.54, 1.807) is 48.5 Å². The van der Waals surface area contributed by atoms with Gasteiger partial charge in [0.1, 0.15) is 5.52 Å². The first-order chi connectivity index (χ1) is 17.5. The van der Waals surface area contributed by atoms with Gasteiger partial charge < -0.3 is 4.74 Å². The van der Waals surface area contributed by atoms with Crippen LogP contribution in [0.1, 0.15) is 31.1 Å². The van der Waals surface area contributed by atoms with Crippen LogP contribution in [0, 0.1) is 0 Å². The van der Waals surface area contributed by atoms with Crippen LogP contribution in [0.4, 0.5) is 5.69 Å². The molecule has 0 fully saturated rings. The van der Waals surface area contributed by atoms with E-state index >= 15 is 0 Å². The van der Waals surface area contributed by atoms with Gasteiger partial charge in [-0.2, -0.15) is 4.68 Å². The van der Waals surface area contributed by atoms with Gasteiger partial charge >= 0.3 is 5.97 Å². The van der Waals surface area contributed by atoms with E-state index in [-0.39, 0.29) is 5.56 Å². The number of esters is 1. The van der Waals surface area contributed by atoms with Crippen LogP contribution in [0.25, 0.3) is 21.7 Å². The van der Waals surface area contributed by atoms with Gasteiger partial charge in [0.2, 0.25) is 0 Å². The highest BCUT2D eigenvalue weighted by molar-refractivity contribution is 6.35. The van der Waals surface area contributed by atoms with Crippen LogP contribution in [-0.2, 0) is 11.5 Å². The number of ether oxygens (including phenoxy) is 1. The Labute approximate surface area is 203 Å². The van der Waals surface area contributed by atoms with Crippen molar-refractivity contribution in [3.8, 4) is 0 Å². The third kappa shape index (κ3) is 3.33. The lowest BCUT2D eigenvalue weighted by atomic mass is 9.94. The second-order valence-electron chi connectivity index (χ2n) is 8.17. The third-order valence-electron chi connectivity index (χ3n) is 6.08. The molecule has 36 heavy (non-hydrogen) atoms. The quantitative estimate of drug-likeness (QED) is 0.288. The monoisotopic (exact) mass is 476 g/mol. The molecule has 0 atom stereocenters. The number of fused-ring (bicyclic) bond motifs is 1. The Kier molecular flexibility index (Phi) is 4.89. The molecule has 0 saturated carbocycles. The SMILES string of the molecule is O=C(OCn1nnc2ccccc2c1=O)c1ccc(N2C(=O)c3cccc4cccc(c34)C2=O)cc1. The fraction of sp³-hybridized carbons (Fsp3) is 0.0370. The smallest absolute Gasteiger partial charge is 0.339 e. The molecule has 6 rings (SSSR count). The van der Waals surface area contributed by atoms with Gasteiger partial charge in [-0.3, -0.25) is 14.4 Å². The van der Waals surface area contributed by atoms with Gasteiger partial charge in [-0.1, -0.05) is 41.6 Å². The predicted molar refractivity (Wildman–Crippen MR) is 131 cm³/mol. The topological polar surface area (TPSA) is 111 Å². The third-order valence-corrected chi connectivity index (χ3v) is 6.08. The first-order valence-corrected chi connectivity index (χ1v) is 11.0. The van der Waals surface area contributed by atoms with Gasteiger partial charge in [-0.05, 0) is 53.9 Å². The first-order valence-electron chi connectivity index (χ1n) is 11.0. The zero-order valence-electron chi connectivity index (χ0n) is 18.6. The number of carbonyl (C=O) groups excluding carboxylic acids is 3. The van der Waals surface area contributed by atoms with Crippen LogP contribution in [0.5, 0.6) is 0 Å². The molecular formula is C27H16N4O5. The molecule has 0 spiro atoms. The summed E-state index contributed by atoms with van der Waals surface area (Å²) < 4.78 is 6.19. The number of hydrogen-bond acceptors (Lipinski definition) is 7. The molecule has 1 aliphatic heterocycles. The lowest BCUT2D eigenvalue weighted by Gasteiger charge is -2.27. The summed E-state index contributed by atoms with van der Waals surface area (Å²) >= 11 is 0. The van der Waals surface area contributed by atoms with E-state index in [0.717, 1.165) is 15.0 Å². The minimum absolute atomic E-state index is 0.181. The summed E-state index contributed by atoms with van der Waals surface area (Å²) in [7, 11) is 0. The van der Waals surface area contributed by atoms with Crippen LogP contribution >= 0.6 is 0 Å². The Bertz CT molecular complexity index is 1720. The first kappa shape index (κ1) is 21.4. The molecule has 2 amide bonds. The largest absolute Gasteiger partial charge is 0.439 e. The van der Waals surface area contributed by atoms with Crippen LogP contribution < -0.4 is 10.5 Å². The summed E-state index contributed by atoms with van der Waals surface area (Å²) in [5.74, 6) is -1.57. The highest BCUT2D eigenvalue weighted by atomic mass is 16.5. The van der Waals surface area contributed by atoms with E-state index in [9.17, 15) is 19.2 Å². The van der Waals surface area contributed by atoms with E-state index in [1.165, 1.54) is 24.3 Å². The van der Waals surface area contributed by atoms with Crippen molar-refractivity contribution in [3.63, 3.8) is 0 Å². The number of rotatable bonds is 4. The van der Waals surface area contributed by atoms with Crippen LogP contribution in [-0.4, -0.2) is 32.8 Å². The average molecular weight is 476 g/mol. The summed E-state index contributed by atoms with van der Waals surface area (Å²) in [6.45, 7) is -0.416. The Morgan fingerprint density at radius 3 is 2.14 bits per heavy atom. The van der Waals surface area contributed by atoms with E-state index in [1.807, 2.05) is 12.1 Å². The lowest BCUT2D eigenvalue weighted by molar-refractivity contribution is 0.0336. The number of nitrogens with zero attached hydrogens (tertiary/aromatic N) is 4. The normalized spacial score (nSPS) is 12.8. The van der Waals surface area contributed by atoms with E-state index in [2.05, 4.69) is 10.3 Å². The molecule has 0 N–H and O–H groups in total. The molecule has 5 aromatic rings. The molecular weight excluding hydrogens is 460 g/mol. The van der Waals surface area contributed by atoms with Gasteiger partial charge in [0, 0.05) is 16.5 Å². The zero-order valence-corrected chi connectivity index (χ0v) is 18.6. The van der Waals surface area contributed by atoms with Crippen molar-refractivity contribution < 1.29 is 19.1 Å². The van der Waals surface area contributed by atoms with Gasteiger partial charge in [0.05, 0.1) is 16.6 Å². The summed E-state index contributed by atoms with van der Waals surface area (Å²) in [5, 5.41) is 9.56. The standard InChI is InChI=1S/C27H16N4O5/c32-24-19-7-1-2-10-22(19)28-29-30(24)15-36-27(35)17-11-13-18(14-12-17)31-25(33)20-8-3-5-16-6-4-9-21(23(16)20)26(31)34/h1-14H,15H2. The van der Waals surface area contributed by atoms with Crippen molar-refractivity contribution in [3.05, 3.63) is 112 Å². The molecule has 0 unspecified atom stereocenters. The zero-order chi connectivity index (χ0) is 24.8. The molecule has 0 saturated heterocycles. The van der Waals surface area contributed by atoms with Gasteiger partial charge in [-0.25, -0.2) is 9.69 Å². The molecule has 174 valence electrons. The summed E-state index contributed by atoms with van der Waals surface area (Å²) in [4.78, 5) is 52.5. The fourth-order valence-corrected chi connectivity index (χ4v) is 4.32. The molecule has 0 bridgehead atoms. The van der Waals surface area contributed by atoms with Gasteiger partial charge in [0.15, 0.2) is 6.73 Å². The lowest BCUT2D eigenvalue weighted by Crippen LogP contribution is -2.40. The molecule has 0 aliphatic carbocycles. The summed E-state index contributed by atoms with van der Waals surface area (Å²) in [5.41, 5.74) is 1.40. The van der Waals surface area contributed by atoms with Crippen molar-refractivity contribution >= 4 is 45.1 Å². The number of imide groups is 1. The Morgan fingerprint density at radius 1 is 0.778 bits per heavy atom. The van der Waals surface area contributed by atoms with E-state index in [4.69, 9.17) is 4.74 Å². The number of carbonyl (C=O) groups is 3. The molecule has 1 aliphatic rings. The minimum Gasteiger partial charge on any atom is -0.439 e. The van der Waals surface area contributed by atoms with Crippen molar-refractivity contribution in [1.29, 1.82) is 0 Å². The second kappa shape index (κ2) is 8.24. The summed E-state index contributed by atoms with van der Waals surface area (Å²) in [6.07, 6.45) is 0. The maximum Gasteiger partial charge on any atom is 0.339 e. The van der Waals surface area contributed by atoms with Crippen molar-refractivity contribution in [2.24, 2.45) is 0 Å². The highest BCUT2D eigenvalue weighted by Gasteiger charge is 2.33. The van der Waals surface area contributed by atoms with Crippen LogP contribution in [0.3, 0.4) is 0 Å². The number of benzene rings is 4. The fourth-order valence-electron chi connectivity index (χ4n) is 4.32. The molecule has 0 radical (unpaired) electrons.